The molecule has 0 bridgehead atoms. The van der Waals surface area contributed by atoms with Crippen LogP contribution in [0, 0.1) is 11.3 Å². The molecule has 4 heteroatoms. The predicted octanol–water partition coefficient (Wildman–Crippen LogP) is 4.40. The Morgan fingerprint density at radius 1 is 0.783 bits per heavy atom. The summed E-state index contributed by atoms with van der Waals surface area (Å²) in [6.45, 7) is 0. The molecule has 0 amide bonds. The highest BCUT2D eigenvalue weighted by Crippen LogP contribution is 2.31. The molecule has 1 heterocycles. The number of nitriles is 1. The van der Waals surface area contributed by atoms with E-state index in [2.05, 4.69) is 39.8 Å². The number of rotatable bonds is 2. The second-order valence-electron chi connectivity index (χ2n) is 5.20. The first kappa shape index (κ1) is 13.2. The van der Waals surface area contributed by atoms with E-state index in [-0.39, 0.29) is 5.69 Å². The molecule has 23 heavy (non-hydrogen) atoms. The zero-order chi connectivity index (χ0) is 15.6. The van der Waals surface area contributed by atoms with Crippen LogP contribution in [0.2, 0.25) is 0 Å². The molecule has 1 aromatic heterocycles. The maximum atomic E-state index is 9.38. The normalized spacial score (nSPS) is 10.6. The van der Waals surface area contributed by atoms with Gasteiger partial charge in [-0.05, 0) is 17.5 Å². The van der Waals surface area contributed by atoms with Crippen molar-refractivity contribution >= 4 is 33.1 Å². The molecule has 0 aliphatic rings. The van der Waals surface area contributed by atoms with Crippen LogP contribution in [0.1, 0.15) is 5.69 Å². The molecule has 0 aliphatic carbocycles. The Bertz CT molecular complexity index is 1060. The minimum atomic E-state index is 0.289. The van der Waals surface area contributed by atoms with E-state index in [1.165, 1.54) is 0 Å². The number of aromatic nitrogens is 2. The number of fused-ring (bicyclic) bond motifs is 2. The molecule has 4 rings (SSSR count). The predicted molar refractivity (Wildman–Crippen MR) is 91.5 cm³/mol. The van der Waals surface area contributed by atoms with Gasteiger partial charge in [-0.15, -0.1) is 10.2 Å². The van der Waals surface area contributed by atoms with E-state index in [4.69, 9.17) is 0 Å². The van der Waals surface area contributed by atoms with Crippen molar-refractivity contribution in [2.75, 3.05) is 5.32 Å². The van der Waals surface area contributed by atoms with Gasteiger partial charge in [-0.3, -0.25) is 0 Å². The van der Waals surface area contributed by atoms with Crippen LogP contribution in [0.3, 0.4) is 0 Å². The molecule has 0 saturated carbocycles. The average molecular weight is 296 g/mol. The van der Waals surface area contributed by atoms with Crippen molar-refractivity contribution in [1.29, 1.82) is 5.26 Å². The lowest BCUT2D eigenvalue weighted by molar-refractivity contribution is 1.05. The highest BCUT2D eigenvalue weighted by molar-refractivity contribution is 6.00. The fourth-order valence-corrected chi connectivity index (χ4v) is 2.73. The van der Waals surface area contributed by atoms with Crippen LogP contribution in [-0.2, 0) is 0 Å². The first-order valence-electron chi connectivity index (χ1n) is 7.27. The maximum Gasteiger partial charge on any atom is 0.187 e. The highest BCUT2D eigenvalue weighted by atomic mass is 15.1. The number of hydrogen-bond acceptors (Lipinski definition) is 4. The zero-order valence-corrected chi connectivity index (χ0v) is 12.2. The van der Waals surface area contributed by atoms with Crippen LogP contribution < -0.4 is 5.32 Å². The summed E-state index contributed by atoms with van der Waals surface area (Å²) >= 11 is 0. The van der Waals surface area contributed by atoms with Gasteiger partial charge in [0.1, 0.15) is 6.07 Å². The van der Waals surface area contributed by atoms with Crippen LogP contribution >= 0.6 is 0 Å². The Kier molecular flexibility index (Phi) is 3.10. The Morgan fingerprint density at radius 3 is 2.39 bits per heavy atom. The van der Waals surface area contributed by atoms with Gasteiger partial charge in [0.15, 0.2) is 5.69 Å². The summed E-state index contributed by atoms with van der Waals surface area (Å²) in [6, 6.07) is 24.0. The van der Waals surface area contributed by atoms with Gasteiger partial charge >= 0.3 is 0 Å². The van der Waals surface area contributed by atoms with E-state index in [0.29, 0.717) is 5.69 Å². The van der Waals surface area contributed by atoms with Crippen molar-refractivity contribution in [3.8, 4) is 6.07 Å². The molecule has 0 radical (unpaired) electrons. The Morgan fingerprint density at radius 2 is 1.52 bits per heavy atom. The van der Waals surface area contributed by atoms with Crippen molar-refractivity contribution in [1.82, 2.24) is 10.2 Å². The number of benzene rings is 3. The Hall–Kier alpha value is -3.45. The van der Waals surface area contributed by atoms with Crippen molar-refractivity contribution in [3.63, 3.8) is 0 Å². The van der Waals surface area contributed by atoms with Crippen molar-refractivity contribution in [3.05, 3.63) is 72.4 Å². The lowest BCUT2D eigenvalue weighted by atomic mass is 10.1. The molecule has 4 nitrogen and oxygen atoms in total. The van der Waals surface area contributed by atoms with Crippen molar-refractivity contribution in [2.45, 2.75) is 0 Å². The van der Waals surface area contributed by atoms with E-state index in [9.17, 15) is 5.26 Å². The quantitative estimate of drug-likeness (QED) is 0.595. The highest BCUT2D eigenvalue weighted by Gasteiger charge is 2.11. The van der Waals surface area contributed by atoms with Crippen LogP contribution in [0.5, 0.6) is 0 Å². The van der Waals surface area contributed by atoms with Crippen LogP contribution in [0.25, 0.3) is 21.7 Å². The molecule has 0 spiro atoms. The van der Waals surface area contributed by atoms with Gasteiger partial charge in [0.05, 0.1) is 11.2 Å². The minimum absolute atomic E-state index is 0.289. The SMILES string of the molecule is N#Cc1nnc2ccccc2c1Nc1cccc2ccccc12. The van der Waals surface area contributed by atoms with E-state index in [1.807, 2.05) is 48.5 Å². The molecule has 0 unspecified atom stereocenters. The van der Waals surface area contributed by atoms with Gasteiger partial charge in [-0.25, -0.2) is 0 Å². The second kappa shape index (κ2) is 5.39. The summed E-state index contributed by atoms with van der Waals surface area (Å²) in [5, 5.41) is 24.0. The fraction of sp³-hybridized carbons (Fsp3) is 0. The number of nitrogens with one attached hydrogen (secondary N) is 1. The third-order valence-electron chi connectivity index (χ3n) is 3.82. The van der Waals surface area contributed by atoms with E-state index < -0.39 is 0 Å². The van der Waals surface area contributed by atoms with Crippen LogP contribution in [-0.4, -0.2) is 10.2 Å². The van der Waals surface area contributed by atoms with E-state index in [1.54, 1.807) is 0 Å². The zero-order valence-electron chi connectivity index (χ0n) is 12.2. The molecule has 0 atom stereocenters. The molecule has 0 fully saturated rings. The number of hydrogen-bond donors (Lipinski definition) is 1. The first-order chi connectivity index (χ1) is 11.4. The number of nitrogens with zero attached hydrogens (tertiary/aromatic N) is 3. The van der Waals surface area contributed by atoms with Gasteiger partial charge in [0.2, 0.25) is 0 Å². The van der Waals surface area contributed by atoms with Crippen molar-refractivity contribution < 1.29 is 0 Å². The fourth-order valence-electron chi connectivity index (χ4n) is 2.73. The molecular weight excluding hydrogens is 284 g/mol. The van der Waals surface area contributed by atoms with Gasteiger partial charge in [0, 0.05) is 16.5 Å². The standard InChI is InChI=1S/C19H12N4/c20-12-18-19(15-9-3-4-10-17(15)22-23-18)21-16-11-5-7-13-6-1-2-8-14(13)16/h1-11H,(H,21,22). The topological polar surface area (TPSA) is 61.6 Å². The maximum absolute atomic E-state index is 9.38. The Balaban J connectivity index is 1.94. The summed E-state index contributed by atoms with van der Waals surface area (Å²) in [7, 11) is 0. The molecule has 1 N–H and O–H groups in total. The third-order valence-corrected chi connectivity index (χ3v) is 3.82. The lowest BCUT2D eigenvalue weighted by Crippen LogP contribution is -2.00. The Labute approximate surface area is 133 Å². The summed E-state index contributed by atoms with van der Waals surface area (Å²) in [5.41, 5.74) is 2.68. The third kappa shape index (κ3) is 2.25. The van der Waals surface area contributed by atoms with Gasteiger partial charge < -0.3 is 5.32 Å². The summed E-state index contributed by atoms with van der Waals surface area (Å²) in [4.78, 5) is 0. The van der Waals surface area contributed by atoms with E-state index >= 15 is 0 Å². The van der Waals surface area contributed by atoms with Crippen LogP contribution in [0.15, 0.2) is 66.7 Å². The summed E-state index contributed by atoms with van der Waals surface area (Å²) in [5.74, 6) is 0. The first-order valence-corrected chi connectivity index (χ1v) is 7.27. The van der Waals surface area contributed by atoms with E-state index in [0.717, 1.165) is 27.4 Å². The van der Waals surface area contributed by atoms with Gasteiger partial charge in [-0.2, -0.15) is 5.26 Å². The smallest absolute Gasteiger partial charge is 0.187 e. The molecule has 108 valence electrons. The molecule has 3 aromatic carbocycles. The molecule has 0 saturated heterocycles. The molecular formula is C19H12N4. The summed E-state index contributed by atoms with van der Waals surface area (Å²) in [6.07, 6.45) is 0. The average Bonchev–Trinajstić information content (AvgIpc) is 2.62. The minimum Gasteiger partial charge on any atom is -0.352 e. The van der Waals surface area contributed by atoms with Gasteiger partial charge in [-0.1, -0.05) is 54.6 Å². The summed E-state index contributed by atoms with van der Waals surface area (Å²) < 4.78 is 0. The van der Waals surface area contributed by atoms with Crippen molar-refractivity contribution in [2.24, 2.45) is 0 Å². The lowest BCUT2D eigenvalue weighted by Gasteiger charge is -2.12. The largest absolute Gasteiger partial charge is 0.352 e. The number of anilines is 2. The molecule has 0 aliphatic heterocycles. The van der Waals surface area contributed by atoms with Crippen LogP contribution in [0.4, 0.5) is 11.4 Å². The molecule has 4 aromatic rings. The second-order valence-corrected chi connectivity index (χ2v) is 5.20. The van der Waals surface area contributed by atoms with Gasteiger partial charge in [0.25, 0.3) is 0 Å². The monoisotopic (exact) mass is 296 g/mol.